The summed E-state index contributed by atoms with van der Waals surface area (Å²) in [5.41, 5.74) is 0. The van der Waals surface area contributed by atoms with Gasteiger partial charge in [-0.2, -0.15) is 0 Å². The van der Waals surface area contributed by atoms with Crippen LogP contribution in [-0.2, 0) is 26.6 Å². The van der Waals surface area contributed by atoms with Crippen molar-refractivity contribution in [2.24, 2.45) is 11.8 Å². The van der Waals surface area contributed by atoms with Crippen LogP contribution in [0.3, 0.4) is 0 Å². The largest absolute Gasteiger partial charge is 0.506 e. The standard InChI is InChI=1S/2C15H34O3Si/c2*1-8-9-10-11-12-13-18-19(16-6,17-7)15(4,5)14(2)3/h2*14H,8-13H2,1-7H3. The fourth-order valence-electron chi connectivity index (χ4n) is 4.36. The van der Waals surface area contributed by atoms with Gasteiger partial charge in [-0.1, -0.05) is 121 Å². The quantitative estimate of drug-likeness (QED) is 0.0939. The lowest BCUT2D eigenvalue weighted by Gasteiger charge is -2.42. The van der Waals surface area contributed by atoms with Gasteiger partial charge in [0, 0.05) is 51.7 Å². The van der Waals surface area contributed by atoms with E-state index in [2.05, 4.69) is 69.2 Å². The van der Waals surface area contributed by atoms with Crippen LogP contribution < -0.4 is 0 Å². The van der Waals surface area contributed by atoms with Gasteiger partial charge in [0.1, 0.15) is 0 Å². The van der Waals surface area contributed by atoms with Gasteiger partial charge in [-0.25, -0.2) is 0 Å². The lowest BCUT2D eigenvalue weighted by molar-refractivity contribution is 0.0617. The Morgan fingerprint density at radius 3 is 0.947 bits per heavy atom. The van der Waals surface area contributed by atoms with E-state index in [9.17, 15) is 0 Å². The molecule has 0 saturated heterocycles. The number of hydrogen-bond acceptors (Lipinski definition) is 6. The Balaban J connectivity index is 0. The second kappa shape index (κ2) is 21.0. The zero-order valence-corrected chi connectivity index (χ0v) is 30.1. The maximum atomic E-state index is 6.13. The zero-order chi connectivity index (χ0) is 29.9. The van der Waals surface area contributed by atoms with Crippen LogP contribution in [0.2, 0.25) is 10.1 Å². The molecule has 0 aromatic heterocycles. The van der Waals surface area contributed by atoms with Gasteiger partial charge in [0.25, 0.3) is 0 Å². The molecule has 0 aromatic rings. The zero-order valence-electron chi connectivity index (χ0n) is 28.1. The molecular weight excluding hydrogens is 512 g/mol. The Morgan fingerprint density at radius 2 is 0.737 bits per heavy atom. The fraction of sp³-hybridized carbons (Fsp3) is 1.00. The summed E-state index contributed by atoms with van der Waals surface area (Å²) >= 11 is 0. The van der Waals surface area contributed by atoms with Crippen LogP contribution in [0.25, 0.3) is 0 Å². The second-order valence-corrected chi connectivity index (χ2v) is 19.2. The molecule has 0 spiro atoms. The van der Waals surface area contributed by atoms with E-state index in [0.29, 0.717) is 11.8 Å². The van der Waals surface area contributed by atoms with Gasteiger partial charge in [0.2, 0.25) is 0 Å². The van der Waals surface area contributed by atoms with Gasteiger partial charge >= 0.3 is 17.6 Å². The topological polar surface area (TPSA) is 55.4 Å². The molecule has 232 valence electrons. The lowest BCUT2D eigenvalue weighted by Crippen LogP contribution is -2.55. The normalized spacial score (nSPS) is 13.3. The van der Waals surface area contributed by atoms with Gasteiger partial charge in [-0.3, -0.25) is 0 Å². The predicted octanol–water partition coefficient (Wildman–Crippen LogP) is 9.28. The van der Waals surface area contributed by atoms with E-state index >= 15 is 0 Å². The third kappa shape index (κ3) is 12.4. The summed E-state index contributed by atoms with van der Waals surface area (Å²) in [5.74, 6) is 0.915. The SMILES string of the molecule is CCCCCCCO[Si](OC)(OC)C(C)(C)C(C)C.CCCCCCCO[Si](OC)(OC)C(C)(C)C(C)C. The van der Waals surface area contributed by atoms with E-state index in [1.807, 2.05) is 0 Å². The smallest absolute Gasteiger partial charge is 0.377 e. The van der Waals surface area contributed by atoms with E-state index in [0.717, 1.165) is 26.1 Å². The monoisotopic (exact) mass is 580 g/mol. The van der Waals surface area contributed by atoms with Gasteiger partial charge in [-0.15, -0.1) is 0 Å². The van der Waals surface area contributed by atoms with Crippen molar-refractivity contribution >= 4 is 17.6 Å². The van der Waals surface area contributed by atoms with Crippen molar-refractivity contribution in [1.82, 2.24) is 0 Å². The summed E-state index contributed by atoms with van der Waals surface area (Å²) in [7, 11) is 1.67. The maximum Gasteiger partial charge on any atom is 0.506 e. The molecule has 0 amide bonds. The Morgan fingerprint density at radius 1 is 0.474 bits per heavy atom. The van der Waals surface area contributed by atoms with Crippen LogP contribution in [0.4, 0.5) is 0 Å². The highest BCUT2D eigenvalue weighted by atomic mass is 28.4. The molecule has 38 heavy (non-hydrogen) atoms. The highest BCUT2D eigenvalue weighted by molar-refractivity contribution is 6.64. The van der Waals surface area contributed by atoms with Crippen molar-refractivity contribution in [1.29, 1.82) is 0 Å². The molecule has 0 N–H and O–H groups in total. The average Bonchev–Trinajstić information content (AvgIpc) is 2.88. The molecule has 0 aliphatic carbocycles. The summed E-state index contributed by atoms with van der Waals surface area (Å²) < 4.78 is 35.2. The molecular formula is C30H68O6Si2. The van der Waals surface area contributed by atoms with Crippen LogP contribution in [0.5, 0.6) is 0 Å². The molecule has 0 rings (SSSR count). The minimum atomic E-state index is -2.60. The fourth-order valence-corrected chi connectivity index (χ4v) is 10.3. The van der Waals surface area contributed by atoms with Crippen LogP contribution in [0, 0.1) is 11.8 Å². The minimum absolute atomic E-state index is 0.0695. The van der Waals surface area contributed by atoms with Crippen molar-refractivity contribution in [3.63, 3.8) is 0 Å². The molecule has 6 nitrogen and oxygen atoms in total. The van der Waals surface area contributed by atoms with Crippen LogP contribution in [0.15, 0.2) is 0 Å². The Bertz CT molecular complexity index is 499. The van der Waals surface area contributed by atoms with Crippen molar-refractivity contribution in [2.45, 2.75) is 144 Å². The average molecular weight is 581 g/mol. The first kappa shape index (κ1) is 40.3. The molecule has 0 aliphatic rings. The first-order valence-corrected chi connectivity index (χ1v) is 18.7. The summed E-state index contributed by atoms with van der Waals surface area (Å²) in [6, 6.07) is 0. The summed E-state index contributed by atoms with van der Waals surface area (Å²) in [6.07, 6.45) is 12.4. The molecule has 0 aliphatic heterocycles. The molecule has 0 bridgehead atoms. The van der Waals surface area contributed by atoms with Crippen LogP contribution in [-0.4, -0.2) is 59.3 Å². The molecule has 8 heteroatoms. The second-order valence-electron chi connectivity index (χ2n) is 12.2. The Labute approximate surface area is 241 Å². The molecule has 0 saturated carbocycles. The molecule has 0 radical (unpaired) electrons. The van der Waals surface area contributed by atoms with Crippen molar-refractivity contribution in [2.75, 3.05) is 41.7 Å². The van der Waals surface area contributed by atoms with E-state index < -0.39 is 17.6 Å². The summed E-state index contributed by atoms with van der Waals surface area (Å²) in [4.78, 5) is 0. The van der Waals surface area contributed by atoms with Crippen LogP contribution in [0.1, 0.15) is 133 Å². The summed E-state index contributed by atoms with van der Waals surface area (Å²) in [5, 5.41) is -0.139. The minimum Gasteiger partial charge on any atom is -0.377 e. The van der Waals surface area contributed by atoms with E-state index in [-0.39, 0.29) is 10.1 Å². The van der Waals surface area contributed by atoms with E-state index in [1.165, 1.54) is 51.4 Å². The predicted molar refractivity (Wildman–Crippen MR) is 167 cm³/mol. The number of unbranched alkanes of at least 4 members (excludes halogenated alkanes) is 8. The molecule has 0 unspecified atom stereocenters. The summed E-state index contributed by atoms with van der Waals surface area (Å²) in [6.45, 7) is 23.5. The Hall–Kier alpha value is 0.194. The van der Waals surface area contributed by atoms with Crippen molar-refractivity contribution in [3.05, 3.63) is 0 Å². The molecule has 0 heterocycles. The van der Waals surface area contributed by atoms with E-state index in [4.69, 9.17) is 26.6 Å². The lowest BCUT2D eigenvalue weighted by atomic mass is 9.99. The van der Waals surface area contributed by atoms with Crippen LogP contribution >= 0.6 is 0 Å². The Kier molecular flexibility index (Phi) is 22.3. The third-order valence-electron chi connectivity index (χ3n) is 8.62. The van der Waals surface area contributed by atoms with Gasteiger partial charge in [0.05, 0.1) is 0 Å². The highest BCUT2D eigenvalue weighted by Crippen LogP contribution is 2.46. The van der Waals surface area contributed by atoms with Crippen molar-refractivity contribution < 1.29 is 26.6 Å². The van der Waals surface area contributed by atoms with Crippen molar-refractivity contribution in [3.8, 4) is 0 Å². The highest BCUT2D eigenvalue weighted by Gasteiger charge is 2.56. The molecule has 0 aromatic carbocycles. The number of rotatable bonds is 22. The number of hydrogen-bond donors (Lipinski definition) is 0. The molecule has 0 fully saturated rings. The van der Waals surface area contributed by atoms with E-state index in [1.54, 1.807) is 28.4 Å². The third-order valence-corrected chi connectivity index (χ3v) is 16.2. The maximum absolute atomic E-state index is 6.13. The van der Waals surface area contributed by atoms with Gasteiger partial charge < -0.3 is 26.6 Å². The first-order valence-electron chi connectivity index (χ1n) is 15.2. The van der Waals surface area contributed by atoms with Gasteiger partial charge in [0.15, 0.2) is 0 Å². The molecule has 0 atom stereocenters. The first-order chi connectivity index (χ1) is 17.8. The van der Waals surface area contributed by atoms with Gasteiger partial charge in [-0.05, 0) is 24.7 Å².